The van der Waals surface area contributed by atoms with E-state index in [4.69, 9.17) is 5.73 Å². The molecule has 0 spiro atoms. The molecule has 0 bridgehead atoms. The summed E-state index contributed by atoms with van der Waals surface area (Å²) < 4.78 is 0. The van der Waals surface area contributed by atoms with E-state index in [9.17, 15) is 4.79 Å². The van der Waals surface area contributed by atoms with Gasteiger partial charge in [-0.25, -0.2) is 0 Å². The molecule has 1 heterocycles. The standard InChI is InChI=1S/C8H10N2O/c9-8(11)5-7-3-1-2-4-10-6-7/h1-4,6,10H,5H2,(H2,9,11). The summed E-state index contributed by atoms with van der Waals surface area (Å²) in [5, 5.41) is 2.89. The molecule has 0 fully saturated rings. The predicted molar refractivity (Wildman–Crippen MR) is 43.3 cm³/mol. The fourth-order valence-corrected chi connectivity index (χ4v) is 0.805. The average Bonchev–Trinajstić information content (AvgIpc) is 2.14. The van der Waals surface area contributed by atoms with Gasteiger partial charge >= 0.3 is 0 Å². The SMILES string of the molecule is NC(=O)CC1=CNC=CC=C1. The van der Waals surface area contributed by atoms with E-state index in [-0.39, 0.29) is 12.3 Å². The predicted octanol–water partition coefficient (Wildman–Crippen LogP) is 0.419. The van der Waals surface area contributed by atoms with Crippen LogP contribution in [0, 0.1) is 0 Å². The lowest BCUT2D eigenvalue weighted by Crippen LogP contribution is -2.11. The summed E-state index contributed by atoms with van der Waals surface area (Å²) in [7, 11) is 0. The first kappa shape index (κ1) is 7.60. The normalized spacial score (nSPS) is 15.1. The maximum Gasteiger partial charge on any atom is 0.221 e. The zero-order valence-electron chi connectivity index (χ0n) is 6.08. The number of allylic oxidation sites excluding steroid dienone is 3. The van der Waals surface area contributed by atoms with Gasteiger partial charge in [-0.3, -0.25) is 4.79 Å². The second-order valence-corrected chi connectivity index (χ2v) is 2.25. The smallest absolute Gasteiger partial charge is 0.221 e. The van der Waals surface area contributed by atoms with Crippen LogP contribution in [0.15, 0.2) is 36.2 Å². The molecule has 1 aliphatic heterocycles. The zero-order chi connectivity index (χ0) is 8.10. The van der Waals surface area contributed by atoms with Crippen LogP contribution >= 0.6 is 0 Å². The van der Waals surface area contributed by atoms with Gasteiger partial charge in [-0.1, -0.05) is 12.2 Å². The van der Waals surface area contributed by atoms with Crippen molar-refractivity contribution in [2.24, 2.45) is 5.73 Å². The van der Waals surface area contributed by atoms with E-state index in [1.807, 2.05) is 18.2 Å². The Morgan fingerprint density at radius 2 is 2.36 bits per heavy atom. The number of nitrogens with two attached hydrogens (primary N) is 1. The lowest BCUT2D eigenvalue weighted by atomic mass is 10.2. The van der Waals surface area contributed by atoms with Crippen molar-refractivity contribution in [2.75, 3.05) is 0 Å². The minimum Gasteiger partial charge on any atom is -0.369 e. The Balaban J connectivity index is 2.58. The summed E-state index contributed by atoms with van der Waals surface area (Å²) >= 11 is 0. The van der Waals surface area contributed by atoms with Crippen LogP contribution in [0.2, 0.25) is 0 Å². The average molecular weight is 150 g/mol. The number of amides is 1. The molecule has 0 radical (unpaired) electrons. The van der Waals surface area contributed by atoms with E-state index in [2.05, 4.69) is 5.32 Å². The number of carbonyl (C=O) groups is 1. The van der Waals surface area contributed by atoms with Crippen molar-refractivity contribution in [3.63, 3.8) is 0 Å². The molecule has 0 saturated carbocycles. The number of carbonyl (C=O) groups excluding carboxylic acids is 1. The fraction of sp³-hybridized carbons (Fsp3) is 0.125. The Bertz CT molecular complexity index is 238. The van der Waals surface area contributed by atoms with Crippen molar-refractivity contribution in [3.8, 4) is 0 Å². The van der Waals surface area contributed by atoms with Crippen molar-refractivity contribution in [1.29, 1.82) is 0 Å². The molecule has 3 heteroatoms. The van der Waals surface area contributed by atoms with Gasteiger partial charge in [0.15, 0.2) is 0 Å². The molecular weight excluding hydrogens is 140 g/mol. The summed E-state index contributed by atoms with van der Waals surface area (Å²) in [5.41, 5.74) is 5.90. The molecular formula is C8H10N2O. The van der Waals surface area contributed by atoms with Gasteiger partial charge in [-0.2, -0.15) is 0 Å². The Kier molecular flexibility index (Phi) is 2.49. The topological polar surface area (TPSA) is 55.1 Å². The van der Waals surface area contributed by atoms with Crippen LogP contribution in [-0.2, 0) is 4.79 Å². The van der Waals surface area contributed by atoms with Crippen molar-refractivity contribution in [2.45, 2.75) is 6.42 Å². The number of rotatable bonds is 2. The number of primary amides is 1. The van der Waals surface area contributed by atoms with Crippen molar-refractivity contribution in [3.05, 3.63) is 36.2 Å². The fourth-order valence-electron chi connectivity index (χ4n) is 0.805. The molecule has 0 aromatic rings. The van der Waals surface area contributed by atoms with Crippen molar-refractivity contribution >= 4 is 5.91 Å². The highest BCUT2D eigenvalue weighted by Crippen LogP contribution is 2.03. The third kappa shape index (κ3) is 2.71. The molecule has 0 aromatic heterocycles. The lowest BCUT2D eigenvalue weighted by Gasteiger charge is -1.95. The van der Waals surface area contributed by atoms with E-state index in [0.29, 0.717) is 0 Å². The van der Waals surface area contributed by atoms with E-state index in [1.165, 1.54) is 0 Å². The maximum absolute atomic E-state index is 10.5. The third-order valence-corrected chi connectivity index (χ3v) is 1.26. The van der Waals surface area contributed by atoms with Crippen molar-refractivity contribution in [1.82, 2.24) is 5.32 Å². The Labute approximate surface area is 65.3 Å². The molecule has 0 saturated heterocycles. The summed E-state index contributed by atoms with van der Waals surface area (Å²) in [6, 6.07) is 0. The molecule has 3 N–H and O–H groups in total. The molecule has 0 aromatic carbocycles. The van der Waals surface area contributed by atoms with Crippen LogP contribution in [0.3, 0.4) is 0 Å². The van der Waals surface area contributed by atoms with E-state index in [1.54, 1.807) is 12.4 Å². The van der Waals surface area contributed by atoms with Crippen LogP contribution in [0.4, 0.5) is 0 Å². The molecule has 58 valence electrons. The molecule has 3 nitrogen and oxygen atoms in total. The van der Waals surface area contributed by atoms with E-state index >= 15 is 0 Å². The molecule has 0 unspecified atom stereocenters. The van der Waals surface area contributed by atoms with Gasteiger partial charge in [-0.15, -0.1) is 0 Å². The van der Waals surface area contributed by atoms with Crippen LogP contribution in [0.5, 0.6) is 0 Å². The van der Waals surface area contributed by atoms with Gasteiger partial charge in [0.05, 0.1) is 6.42 Å². The highest BCUT2D eigenvalue weighted by atomic mass is 16.1. The van der Waals surface area contributed by atoms with Crippen LogP contribution < -0.4 is 11.1 Å². The minimum absolute atomic E-state index is 0.283. The van der Waals surface area contributed by atoms with E-state index < -0.39 is 0 Å². The maximum atomic E-state index is 10.5. The van der Waals surface area contributed by atoms with Crippen LogP contribution in [-0.4, -0.2) is 5.91 Å². The van der Waals surface area contributed by atoms with Gasteiger partial charge in [-0.05, 0) is 11.6 Å². The number of hydrogen-bond acceptors (Lipinski definition) is 2. The lowest BCUT2D eigenvalue weighted by molar-refractivity contribution is -0.117. The van der Waals surface area contributed by atoms with Gasteiger partial charge in [0.1, 0.15) is 0 Å². The van der Waals surface area contributed by atoms with Crippen LogP contribution in [0.1, 0.15) is 6.42 Å². The summed E-state index contributed by atoms with van der Waals surface area (Å²) in [6.45, 7) is 0. The van der Waals surface area contributed by atoms with Gasteiger partial charge in [0, 0.05) is 12.4 Å². The largest absolute Gasteiger partial charge is 0.369 e. The summed E-state index contributed by atoms with van der Waals surface area (Å²) in [6.07, 6.45) is 9.38. The first-order valence-electron chi connectivity index (χ1n) is 3.35. The van der Waals surface area contributed by atoms with Crippen LogP contribution in [0.25, 0.3) is 0 Å². The zero-order valence-corrected chi connectivity index (χ0v) is 6.08. The third-order valence-electron chi connectivity index (χ3n) is 1.26. The summed E-state index contributed by atoms with van der Waals surface area (Å²) in [4.78, 5) is 10.5. The Morgan fingerprint density at radius 3 is 3.09 bits per heavy atom. The van der Waals surface area contributed by atoms with Gasteiger partial charge in [0.2, 0.25) is 5.91 Å². The first-order chi connectivity index (χ1) is 5.29. The second-order valence-electron chi connectivity index (χ2n) is 2.25. The van der Waals surface area contributed by atoms with Gasteiger partial charge in [0.25, 0.3) is 0 Å². The Hall–Kier alpha value is -1.51. The molecule has 1 amide bonds. The highest BCUT2D eigenvalue weighted by Gasteiger charge is 1.97. The van der Waals surface area contributed by atoms with Crippen molar-refractivity contribution < 1.29 is 4.79 Å². The molecule has 0 aliphatic carbocycles. The molecule has 1 aliphatic rings. The van der Waals surface area contributed by atoms with Gasteiger partial charge < -0.3 is 11.1 Å². The second kappa shape index (κ2) is 3.61. The molecule has 0 atom stereocenters. The monoisotopic (exact) mass is 150 g/mol. The van der Waals surface area contributed by atoms with E-state index in [0.717, 1.165) is 5.57 Å². The quantitative estimate of drug-likeness (QED) is 0.599. The Morgan fingerprint density at radius 1 is 1.55 bits per heavy atom. The first-order valence-corrected chi connectivity index (χ1v) is 3.35. The minimum atomic E-state index is -0.315. The number of hydrogen-bond donors (Lipinski definition) is 2. The summed E-state index contributed by atoms with van der Waals surface area (Å²) in [5.74, 6) is -0.315. The number of nitrogens with one attached hydrogen (secondary N) is 1. The highest BCUT2D eigenvalue weighted by molar-refractivity contribution is 5.77. The molecule has 1 rings (SSSR count). The molecule has 11 heavy (non-hydrogen) atoms.